The Morgan fingerprint density at radius 2 is 2.17 bits per heavy atom. The molecule has 3 nitrogen and oxygen atoms in total. The van der Waals surface area contributed by atoms with Gasteiger partial charge in [0.05, 0.1) is 6.42 Å². The first-order valence-electron chi connectivity index (χ1n) is 4.38. The predicted octanol–water partition coefficient (Wildman–Crippen LogP) is 1.22. The highest BCUT2D eigenvalue weighted by Gasteiger charge is 2.39. The van der Waals surface area contributed by atoms with Crippen LogP contribution in [0.4, 0.5) is 0 Å². The van der Waals surface area contributed by atoms with Gasteiger partial charge in [0.1, 0.15) is 0 Å². The van der Waals surface area contributed by atoms with E-state index in [1.807, 2.05) is 0 Å². The van der Waals surface area contributed by atoms with Crippen LogP contribution in [0.2, 0.25) is 0 Å². The quantitative estimate of drug-likeness (QED) is 0.671. The van der Waals surface area contributed by atoms with Crippen LogP contribution in [0.25, 0.3) is 0 Å². The normalized spacial score (nSPS) is 24.6. The van der Waals surface area contributed by atoms with Gasteiger partial charge in [-0.15, -0.1) is 0 Å². The molecule has 0 aromatic carbocycles. The van der Waals surface area contributed by atoms with Crippen LogP contribution in [0.5, 0.6) is 0 Å². The Kier molecular flexibility index (Phi) is 2.42. The molecule has 0 amide bonds. The second-order valence-electron chi connectivity index (χ2n) is 4.59. The molecule has 1 atom stereocenters. The van der Waals surface area contributed by atoms with E-state index in [9.17, 15) is 4.79 Å². The van der Waals surface area contributed by atoms with E-state index in [2.05, 4.69) is 13.8 Å². The van der Waals surface area contributed by atoms with Gasteiger partial charge in [0.2, 0.25) is 0 Å². The molecule has 0 bridgehead atoms. The second kappa shape index (κ2) is 3.05. The monoisotopic (exact) mass is 171 g/mol. The van der Waals surface area contributed by atoms with E-state index in [0.29, 0.717) is 11.3 Å². The summed E-state index contributed by atoms with van der Waals surface area (Å²) in [7, 11) is 0. The third-order valence-electron chi connectivity index (χ3n) is 2.65. The third kappa shape index (κ3) is 2.21. The number of aliphatic carboxylic acids is 1. The molecule has 0 aromatic heterocycles. The molecule has 3 N–H and O–H groups in total. The fourth-order valence-electron chi connectivity index (χ4n) is 2.03. The SMILES string of the molecule is CC1(C)CC([C@H](N)CC(=O)O)C1. The molecule has 1 saturated carbocycles. The molecule has 70 valence electrons. The van der Waals surface area contributed by atoms with Crippen molar-refractivity contribution < 1.29 is 9.90 Å². The highest BCUT2D eigenvalue weighted by Crippen LogP contribution is 2.46. The maximum Gasteiger partial charge on any atom is 0.304 e. The van der Waals surface area contributed by atoms with Gasteiger partial charge in [-0.05, 0) is 24.2 Å². The van der Waals surface area contributed by atoms with E-state index in [-0.39, 0.29) is 12.5 Å². The Morgan fingerprint density at radius 1 is 1.67 bits per heavy atom. The van der Waals surface area contributed by atoms with E-state index in [4.69, 9.17) is 10.8 Å². The topological polar surface area (TPSA) is 63.3 Å². The van der Waals surface area contributed by atoms with E-state index < -0.39 is 5.97 Å². The number of nitrogens with two attached hydrogens (primary N) is 1. The highest BCUT2D eigenvalue weighted by molar-refractivity contribution is 5.67. The summed E-state index contributed by atoms with van der Waals surface area (Å²) in [6, 6.07) is -0.143. The van der Waals surface area contributed by atoms with Crippen LogP contribution in [-0.4, -0.2) is 17.1 Å². The fraction of sp³-hybridized carbons (Fsp3) is 0.889. The zero-order valence-electron chi connectivity index (χ0n) is 7.71. The predicted molar refractivity (Wildman–Crippen MR) is 46.7 cm³/mol. The standard InChI is InChI=1S/C9H17NO2/c1-9(2)4-6(5-9)7(10)3-8(11)12/h6-7H,3-5,10H2,1-2H3,(H,11,12)/t7-/m1/s1. The van der Waals surface area contributed by atoms with Crippen molar-refractivity contribution in [2.75, 3.05) is 0 Å². The average Bonchev–Trinajstić information content (AvgIpc) is 1.80. The minimum absolute atomic E-state index is 0.112. The molecule has 0 aliphatic heterocycles. The Bertz CT molecular complexity index is 181. The number of carboxylic acids is 1. The molecule has 1 aliphatic rings. The number of carbonyl (C=O) groups is 1. The smallest absolute Gasteiger partial charge is 0.304 e. The minimum atomic E-state index is -0.785. The summed E-state index contributed by atoms with van der Waals surface area (Å²) >= 11 is 0. The van der Waals surface area contributed by atoms with Gasteiger partial charge >= 0.3 is 5.97 Å². The molecule has 0 spiro atoms. The van der Waals surface area contributed by atoms with Crippen molar-refractivity contribution in [1.82, 2.24) is 0 Å². The largest absolute Gasteiger partial charge is 0.481 e. The first kappa shape index (κ1) is 9.52. The Morgan fingerprint density at radius 3 is 2.50 bits per heavy atom. The summed E-state index contributed by atoms with van der Waals surface area (Å²) in [5.41, 5.74) is 6.11. The summed E-state index contributed by atoms with van der Waals surface area (Å²) < 4.78 is 0. The zero-order chi connectivity index (χ0) is 9.35. The molecule has 3 heteroatoms. The van der Waals surface area contributed by atoms with Gasteiger partial charge in [0.15, 0.2) is 0 Å². The summed E-state index contributed by atoms with van der Waals surface area (Å²) in [4.78, 5) is 10.3. The van der Waals surface area contributed by atoms with E-state index in [0.717, 1.165) is 12.8 Å². The van der Waals surface area contributed by atoms with Gasteiger partial charge in [0.25, 0.3) is 0 Å². The Balaban J connectivity index is 2.28. The molecule has 0 aromatic rings. The van der Waals surface area contributed by atoms with Gasteiger partial charge in [-0.1, -0.05) is 13.8 Å². The summed E-state index contributed by atoms with van der Waals surface area (Å²) in [5, 5.41) is 8.50. The molecule has 0 radical (unpaired) electrons. The highest BCUT2D eigenvalue weighted by atomic mass is 16.4. The maximum atomic E-state index is 10.3. The number of hydrogen-bond acceptors (Lipinski definition) is 2. The molecule has 0 saturated heterocycles. The number of carboxylic acid groups (broad SMARTS) is 1. The molecular formula is C9H17NO2. The van der Waals surface area contributed by atoms with Crippen molar-refractivity contribution in [2.45, 2.75) is 39.2 Å². The summed E-state index contributed by atoms with van der Waals surface area (Å²) in [6.07, 6.45) is 2.25. The number of rotatable bonds is 3. The molecular weight excluding hydrogens is 154 g/mol. The Hall–Kier alpha value is -0.570. The van der Waals surface area contributed by atoms with Gasteiger partial charge in [-0.3, -0.25) is 4.79 Å². The van der Waals surface area contributed by atoms with Crippen LogP contribution in [0, 0.1) is 11.3 Å². The van der Waals surface area contributed by atoms with Crippen LogP contribution < -0.4 is 5.73 Å². The average molecular weight is 171 g/mol. The minimum Gasteiger partial charge on any atom is -0.481 e. The van der Waals surface area contributed by atoms with E-state index >= 15 is 0 Å². The van der Waals surface area contributed by atoms with E-state index in [1.54, 1.807) is 0 Å². The van der Waals surface area contributed by atoms with Crippen LogP contribution in [0.1, 0.15) is 33.1 Å². The van der Waals surface area contributed by atoms with Crippen molar-refractivity contribution in [3.8, 4) is 0 Å². The lowest BCUT2D eigenvalue weighted by Crippen LogP contribution is -2.44. The lowest BCUT2D eigenvalue weighted by Gasteiger charge is -2.45. The van der Waals surface area contributed by atoms with Crippen molar-refractivity contribution >= 4 is 5.97 Å². The van der Waals surface area contributed by atoms with Crippen LogP contribution in [0.15, 0.2) is 0 Å². The lowest BCUT2D eigenvalue weighted by molar-refractivity contribution is -0.138. The van der Waals surface area contributed by atoms with Crippen molar-refractivity contribution in [3.63, 3.8) is 0 Å². The molecule has 0 unspecified atom stereocenters. The molecule has 1 fully saturated rings. The molecule has 0 heterocycles. The molecule has 1 rings (SSSR count). The van der Waals surface area contributed by atoms with Gasteiger partial charge in [-0.25, -0.2) is 0 Å². The fourth-order valence-corrected chi connectivity index (χ4v) is 2.03. The molecule has 1 aliphatic carbocycles. The van der Waals surface area contributed by atoms with Crippen molar-refractivity contribution in [3.05, 3.63) is 0 Å². The summed E-state index contributed by atoms with van der Waals surface area (Å²) in [5.74, 6) is -0.358. The lowest BCUT2D eigenvalue weighted by atomic mass is 9.62. The first-order valence-corrected chi connectivity index (χ1v) is 4.38. The van der Waals surface area contributed by atoms with Crippen LogP contribution in [-0.2, 0) is 4.79 Å². The van der Waals surface area contributed by atoms with Gasteiger partial charge in [-0.2, -0.15) is 0 Å². The van der Waals surface area contributed by atoms with Crippen LogP contribution >= 0.6 is 0 Å². The number of hydrogen-bond donors (Lipinski definition) is 2. The third-order valence-corrected chi connectivity index (χ3v) is 2.65. The summed E-state index contributed by atoms with van der Waals surface area (Å²) in [6.45, 7) is 4.38. The van der Waals surface area contributed by atoms with Crippen molar-refractivity contribution in [2.24, 2.45) is 17.1 Å². The molecule has 12 heavy (non-hydrogen) atoms. The maximum absolute atomic E-state index is 10.3. The zero-order valence-corrected chi connectivity index (χ0v) is 7.71. The van der Waals surface area contributed by atoms with Gasteiger partial charge in [0, 0.05) is 6.04 Å². The van der Waals surface area contributed by atoms with Crippen molar-refractivity contribution in [1.29, 1.82) is 0 Å². The first-order chi connectivity index (χ1) is 5.41. The van der Waals surface area contributed by atoms with Crippen LogP contribution in [0.3, 0.4) is 0 Å². The van der Waals surface area contributed by atoms with Gasteiger partial charge < -0.3 is 10.8 Å². The second-order valence-corrected chi connectivity index (χ2v) is 4.59. The van der Waals surface area contributed by atoms with E-state index in [1.165, 1.54) is 0 Å². The Labute approximate surface area is 72.9 Å².